The van der Waals surface area contributed by atoms with Crippen molar-refractivity contribution in [3.05, 3.63) is 56.5 Å². The molecule has 0 bridgehead atoms. The van der Waals surface area contributed by atoms with Crippen molar-refractivity contribution in [3.63, 3.8) is 0 Å². The van der Waals surface area contributed by atoms with Crippen molar-refractivity contribution in [2.75, 3.05) is 36.8 Å². The molecule has 228 valence electrons. The number of carbonyl (C=O) groups excluding carboxylic acids is 2. The summed E-state index contributed by atoms with van der Waals surface area (Å²) in [6.45, 7) is 3.00. The number of para-hydroxylation sites is 2. The van der Waals surface area contributed by atoms with Gasteiger partial charge in [-0.15, -0.1) is 24.8 Å². The minimum absolute atomic E-state index is 0. The zero-order valence-electron chi connectivity index (χ0n) is 21.7. The molecule has 11 nitrogen and oxygen atoms in total. The predicted octanol–water partition coefficient (Wildman–Crippen LogP) is 5.73. The SMILES string of the molecule is Cl.Cl.O.O=C(NC1=NCCCCN1)Nc1c(Cl)cccc1Cl.O=C(NC1=NCCCCN1)Nc1c(Cl)cccc1Cl. The molecule has 0 unspecified atom stereocenters. The molecule has 2 heterocycles. The number of urea groups is 2. The van der Waals surface area contributed by atoms with Crippen molar-refractivity contribution in [1.29, 1.82) is 0 Å². The molecule has 4 rings (SSSR count). The van der Waals surface area contributed by atoms with E-state index in [1.165, 1.54) is 0 Å². The number of rotatable bonds is 2. The number of carbonyl (C=O) groups is 2. The maximum absolute atomic E-state index is 11.8. The lowest BCUT2D eigenvalue weighted by molar-refractivity contribution is 0.255. The van der Waals surface area contributed by atoms with Gasteiger partial charge in [0.2, 0.25) is 0 Å². The van der Waals surface area contributed by atoms with Crippen LogP contribution in [-0.2, 0) is 0 Å². The Bertz CT molecular complexity index is 1070. The summed E-state index contributed by atoms with van der Waals surface area (Å²) in [4.78, 5) is 32.1. The van der Waals surface area contributed by atoms with Gasteiger partial charge in [-0.2, -0.15) is 0 Å². The Balaban J connectivity index is 0.000000727. The van der Waals surface area contributed by atoms with Crippen LogP contribution in [0.15, 0.2) is 46.4 Å². The molecule has 0 saturated carbocycles. The highest BCUT2D eigenvalue weighted by Crippen LogP contribution is 2.30. The minimum atomic E-state index is -0.428. The molecule has 17 heteroatoms. The number of guanidine groups is 2. The summed E-state index contributed by atoms with van der Waals surface area (Å²) < 4.78 is 0. The number of benzene rings is 2. The van der Waals surface area contributed by atoms with Crippen molar-refractivity contribution in [3.8, 4) is 0 Å². The summed E-state index contributed by atoms with van der Waals surface area (Å²) in [5.74, 6) is 0.941. The molecule has 2 aliphatic heterocycles. The lowest BCUT2D eigenvalue weighted by Crippen LogP contribution is -2.43. The molecule has 0 radical (unpaired) electrons. The molecule has 0 atom stereocenters. The zero-order chi connectivity index (χ0) is 27.3. The van der Waals surface area contributed by atoms with Gasteiger partial charge in [0, 0.05) is 26.2 Å². The summed E-state index contributed by atoms with van der Waals surface area (Å²) in [5.41, 5.74) is 0.773. The Morgan fingerprint density at radius 2 is 0.951 bits per heavy atom. The van der Waals surface area contributed by atoms with Crippen molar-refractivity contribution in [2.45, 2.75) is 25.7 Å². The van der Waals surface area contributed by atoms with E-state index in [1.54, 1.807) is 36.4 Å². The van der Waals surface area contributed by atoms with Crippen LogP contribution in [0.2, 0.25) is 20.1 Å². The van der Waals surface area contributed by atoms with Crippen LogP contribution in [-0.4, -0.2) is 55.6 Å². The summed E-state index contributed by atoms with van der Waals surface area (Å²) >= 11 is 23.9. The van der Waals surface area contributed by atoms with Gasteiger partial charge in [0.05, 0.1) is 31.5 Å². The number of amides is 4. The molecule has 0 saturated heterocycles. The van der Waals surface area contributed by atoms with Gasteiger partial charge in [-0.05, 0) is 49.9 Å². The zero-order valence-corrected chi connectivity index (χ0v) is 26.3. The Labute approximate surface area is 270 Å². The molecular formula is C24H32Cl6N8O3. The number of nitrogens with one attached hydrogen (secondary N) is 6. The number of anilines is 2. The Hall–Kier alpha value is -2.38. The molecule has 4 amide bonds. The second-order valence-electron chi connectivity index (χ2n) is 8.08. The van der Waals surface area contributed by atoms with Crippen molar-refractivity contribution >= 4 is 107 Å². The predicted molar refractivity (Wildman–Crippen MR) is 174 cm³/mol. The molecule has 2 aliphatic rings. The maximum Gasteiger partial charge on any atom is 0.326 e. The first-order valence-electron chi connectivity index (χ1n) is 11.9. The van der Waals surface area contributed by atoms with Gasteiger partial charge < -0.3 is 26.7 Å². The molecule has 0 fully saturated rings. The van der Waals surface area contributed by atoms with Crippen molar-refractivity contribution in [1.82, 2.24) is 21.3 Å². The third-order valence-electron chi connectivity index (χ3n) is 5.16. The molecule has 2 aromatic carbocycles. The molecule has 0 spiro atoms. The molecular weight excluding hydrogens is 661 g/mol. The van der Waals surface area contributed by atoms with E-state index in [1.807, 2.05) is 0 Å². The highest BCUT2D eigenvalue weighted by molar-refractivity contribution is 6.40. The lowest BCUT2D eigenvalue weighted by atomic mass is 10.3. The first-order chi connectivity index (χ1) is 18.3. The van der Waals surface area contributed by atoms with Crippen molar-refractivity contribution < 1.29 is 15.1 Å². The first kappa shape index (κ1) is 38.6. The van der Waals surface area contributed by atoms with E-state index < -0.39 is 12.1 Å². The third kappa shape index (κ3) is 13.4. The highest BCUT2D eigenvalue weighted by atomic mass is 35.5. The summed E-state index contributed by atoms with van der Waals surface area (Å²) in [6, 6.07) is 9.20. The van der Waals surface area contributed by atoms with Crippen LogP contribution in [0.1, 0.15) is 25.7 Å². The smallest absolute Gasteiger partial charge is 0.326 e. The summed E-state index contributed by atoms with van der Waals surface area (Å²) in [5, 5.41) is 18.1. The standard InChI is InChI=1S/2C12H14Cl2N4O.2ClH.H2O/c2*13-8-4-3-5-9(14)10(8)17-12(19)18-11-15-6-1-2-7-16-11;;;/h2*3-5H,1-2,6-7H2,(H3,15,16,17,18,19);2*1H;1H2. The Morgan fingerprint density at radius 1 is 0.610 bits per heavy atom. The van der Waals surface area contributed by atoms with Gasteiger partial charge >= 0.3 is 12.1 Å². The monoisotopic (exact) mass is 690 g/mol. The number of hydrogen-bond donors (Lipinski definition) is 6. The first-order valence-corrected chi connectivity index (χ1v) is 13.5. The van der Waals surface area contributed by atoms with Crippen LogP contribution in [0.5, 0.6) is 0 Å². The third-order valence-corrected chi connectivity index (χ3v) is 6.42. The fraction of sp³-hybridized carbons (Fsp3) is 0.333. The normalized spacial score (nSPS) is 13.9. The number of aliphatic imine (C=N–C) groups is 2. The van der Waals surface area contributed by atoms with E-state index in [0.29, 0.717) is 56.5 Å². The minimum Gasteiger partial charge on any atom is -0.412 e. The van der Waals surface area contributed by atoms with Crippen LogP contribution in [0.3, 0.4) is 0 Å². The molecule has 2 aromatic rings. The van der Waals surface area contributed by atoms with Crippen LogP contribution in [0.25, 0.3) is 0 Å². The van der Waals surface area contributed by atoms with Crippen LogP contribution in [0, 0.1) is 0 Å². The molecule has 0 aliphatic carbocycles. The molecule has 8 N–H and O–H groups in total. The van der Waals surface area contributed by atoms with Crippen LogP contribution in [0.4, 0.5) is 21.0 Å². The quantitative estimate of drug-likeness (QED) is 0.237. The molecule has 41 heavy (non-hydrogen) atoms. The van der Waals surface area contributed by atoms with Crippen molar-refractivity contribution in [2.24, 2.45) is 9.98 Å². The second kappa shape index (κ2) is 20.5. The summed E-state index contributed by atoms with van der Waals surface area (Å²) in [7, 11) is 0. The van der Waals surface area contributed by atoms with Crippen LogP contribution >= 0.6 is 71.2 Å². The largest absolute Gasteiger partial charge is 0.412 e. The van der Waals surface area contributed by atoms with Gasteiger partial charge in [-0.1, -0.05) is 58.5 Å². The van der Waals surface area contributed by atoms with Gasteiger partial charge in [0.1, 0.15) is 0 Å². The average molecular weight is 693 g/mol. The fourth-order valence-corrected chi connectivity index (χ4v) is 4.27. The molecule has 0 aromatic heterocycles. The van der Waals surface area contributed by atoms with Crippen LogP contribution < -0.4 is 31.9 Å². The lowest BCUT2D eigenvalue weighted by Gasteiger charge is -2.12. The van der Waals surface area contributed by atoms with E-state index in [4.69, 9.17) is 46.4 Å². The topological polar surface area (TPSA) is 163 Å². The maximum atomic E-state index is 11.8. The fourth-order valence-electron chi connectivity index (χ4n) is 3.29. The highest BCUT2D eigenvalue weighted by Gasteiger charge is 2.13. The number of halogens is 6. The number of hydrogen-bond acceptors (Lipinski definition) is 6. The second-order valence-corrected chi connectivity index (χ2v) is 9.71. The van der Waals surface area contributed by atoms with E-state index in [2.05, 4.69) is 41.9 Å². The number of nitrogens with zero attached hydrogens (tertiary/aromatic N) is 2. The van der Waals surface area contributed by atoms with Gasteiger partial charge in [-0.3, -0.25) is 20.6 Å². The van der Waals surface area contributed by atoms with E-state index in [-0.39, 0.29) is 30.3 Å². The van der Waals surface area contributed by atoms with Gasteiger partial charge in [0.25, 0.3) is 0 Å². The van der Waals surface area contributed by atoms with Gasteiger partial charge in [0.15, 0.2) is 11.9 Å². The Morgan fingerprint density at radius 3 is 1.29 bits per heavy atom. The van der Waals surface area contributed by atoms with Gasteiger partial charge in [-0.25, -0.2) is 9.59 Å². The Kier molecular flexibility index (Phi) is 19.3. The summed E-state index contributed by atoms with van der Waals surface area (Å²) in [6.07, 6.45) is 4.09. The van der Waals surface area contributed by atoms with E-state index in [9.17, 15) is 9.59 Å². The van der Waals surface area contributed by atoms with E-state index in [0.717, 1.165) is 38.8 Å². The average Bonchev–Trinajstić information content (AvgIpc) is 3.29. The van der Waals surface area contributed by atoms with E-state index >= 15 is 0 Å².